The number of hydrogen-bond acceptors (Lipinski definition) is 4. The number of carbonyl (C=O) groups is 2. The molecule has 0 atom stereocenters. The third kappa shape index (κ3) is 4.91. The molecule has 0 radical (unpaired) electrons. The van der Waals surface area contributed by atoms with E-state index in [0.717, 1.165) is 11.1 Å². The molecule has 20 heavy (non-hydrogen) atoms. The lowest BCUT2D eigenvalue weighted by Gasteiger charge is -2.17. The molecule has 0 aliphatic heterocycles. The van der Waals surface area contributed by atoms with E-state index in [2.05, 4.69) is 0 Å². The molecule has 0 saturated carbocycles. The SMILES string of the molecule is CCOC(=O)CN(C)C(=O)COc1cc(C)ccc1C. The van der Waals surface area contributed by atoms with Crippen molar-refractivity contribution in [2.45, 2.75) is 20.8 Å². The standard InChI is InChI=1S/C15H21NO4/c1-5-19-15(18)9-16(4)14(17)10-20-13-8-11(2)6-7-12(13)3/h6-8H,5,9-10H2,1-4H3. The number of carbonyl (C=O) groups excluding carboxylic acids is 2. The van der Waals surface area contributed by atoms with Crippen molar-refractivity contribution < 1.29 is 19.1 Å². The third-order valence-electron chi connectivity index (χ3n) is 2.79. The van der Waals surface area contributed by atoms with Crippen LogP contribution in [0.25, 0.3) is 0 Å². The van der Waals surface area contributed by atoms with E-state index in [9.17, 15) is 9.59 Å². The van der Waals surface area contributed by atoms with Crippen LogP contribution in [0.5, 0.6) is 5.75 Å². The molecule has 0 N–H and O–H groups in total. The second-order valence-electron chi connectivity index (χ2n) is 4.61. The first kappa shape index (κ1) is 16.0. The maximum absolute atomic E-state index is 11.8. The fourth-order valence-corrected chi connectivity index (χ4v) is 1.60. The summed E-state index contributed by atoms with van der Waals surface area (Å²) in [5.41, 5.74) is 2.04. The molecule has 5 nitrogen and oxygen atoms in total. The van der Waals surface area contributed by atoms with Crippen LogP contribution < -0.4 is 4.74 Å². The number of benzene rings is 1. The smallest absolute Gasteiger partial charge is 0.325 e. The largest absolute Gasteiger partial charge is 0.483 e. The Morgan fingerprint density at radius 3 is 2.60 bits per heavy atom. The first-order valence-electron chi connectivity index (χ1n) is 6.53. The second-order valence-corrected chi connectivity index (χ2v) is 4.61. The van der Waals surface area contributed by atoms with Crippen LogP contribution >= 0.6 is 0 Å². The Labute approximate surface area is 119 Å². The number of ether oxygens (including phenoxy) is 2. The van der Waals surface area contributed by atoms with Gasteiger partial charge in [0, 0.05) is 7.05 Å². The number of hydrogen-bond donors (Lipinski definition) is 0. The number of rotatable bonds is 6. The highest BCUT2D eigenvalue weighted by Crippen LogP contribution is 2.18. The highest BCUT2D eigenvalue weighted by molar-refractivity contribution is 5.82. The molecular weight excluding hydrogens is 258 g/mol. The molecule has 0 spiro atoms. The molecule has 1 aromatic carbocycles. The lowest BCUT2D eigenvalue weighted by molar-refractivity contribution is -0.148. The zero-order valence-electron chi connectivity index (χ0n) is 12.4. The van der Waals surface area contributed by atoms with Gasteiger partial charge in [-0.05, 0) is 38.0 Å². The molecule has 0 bridgehead atoms. The van der Waals surface area contributed by atoms with Crippen LogP contribution in [0.15, 0.2) is 18.2 Å². The van der Waals surface area contributed by atoms with Gasteiger partial charge in [0.1, 0.15) is 12.3 Å². The van der Waals surface area contributed by atoms with Crippen LogP contribution in [-0.4, -0.2) is 43.6 Å². The van der Waals surface area contributed by atoms with Crippen molar-refractivity contribution in [3.8, 4) is 5.75 Å². The highest BCUT2D eigenvalue weighted by atomic mass is 16.5. The van der Waals surface area contributed by atoms with Crippen molar-refractivity contribution in [3.05, 3.63) is 29.3 Å². The highest BCUT2D eigenvalue weighted by Gasteiger charge is 2.14. The Morgan fingerprint density at radius 1 is 1.25 bits per heavy atom. The molecular formula is C15H21NO4. The van der Waals surface area contributed by atoms with E-state index < -0.39 is 5.97 Å². The molecule has 0 saturated heterocycles. The van der Waals surface area contributed by atoms with E-state index in [1.165, 1.54) is 4.90 Å². The average molecular weight is 279 g/mol. The Bertz CT molecular complexity index is 485. The summed E-state index contributed by atoms with van der Waals surface area (Å²) in [6.07, 6.45) is 0. The van der Waals surface area contributed by atoms with Crippen LogP contribution in [0.3, 0.4) is 0 Å². The normalized spacial score (nSPS) is 10.0. The van der Waals surface area contributed by atoms with Gasteiger partial charge in [-0.15, -0.1) is 0 Å². The number of amides is 1. The van der Waals surface area contributed by atoms with Crippen LogP contribution in [0.4, 0.5) is 0 Å². The zero-order valence-corrected chi connectivity index (χ0v) is 12.4. The second kappa shape index (κ2) is 7.53. The molecule has 110 valence electrons. The fourth-order valence-electron chi connectivity index (χ4n) is 1.60. The minimum Gasteiger partial charge on any atom is -0.483 e. The van der Waals surface area contributed by atoms with Gasteiger partial charge >= 0.3 is 5.97 Å². The van der Waals surface area contributed by atoms with E-state index in [1.54, 1.807) is 14.0 Å². The lowest BCUT2D eigenvalue weighted by atomic mass is 10.1. The fraction of sp³-hybridized carbons (Fsp3) is 0.467. The number of aryl methyl sites for hydroxylation is 2. The van der Waals surface area contributed by atoms with E-state index >= 15 is 0 Å². The van der Waals surface area contributed by atoms with E-state index in [-0.39, 0.29) is 19.1 Å². The van der Waals surface area contributed by atoms with Crippen LogP contribution in [-0.2, 0) is 14.3 Å². The van der Waals surface area contributed by atoms with Crippen molar-refractivity contribution >= 4 is 11.9 Å². The van der Waals surface area contributed by atoms with Gasteiger partial charge in [-0.2, -0.15) is 0 Å². The molecule has 0 unspecified atom stereocenters. The summed E-state index contributed by atoms with van der Waals surface area (Å²) < 4.78 is 10.3. The molecule has 5 heteroatoms. The van der Waals surface area contributed by atoms with Gasteiger partial charge < -0.3 is 14.4 Å². The minimum absolute atomic E-state index is 0.0666. The third-order valence-corrected chi connectivity index (χ3v) is 2.79. The molecule has 1 amide bonds. The zero-order chi connectivity index (χ0) is 15.1. The van der Waals surface area contributed by atoms with Gasteiger partial charge in [-0.3, -0.25) is 9.59 Å². The first-order valence-corrected chi connectivity index (χ1v) is 6.53. The quantitative estimate of drug-likeness (QED) is 0.744. The number of esters is 1. The summed E-state index contributed by atoms with van der Waals surface area (Å²) in [6, 6.07) is 5.81. The predicted octanol–water partition coefficient (Wildman–Crippen LogP) is 1.70. The summed E-state index contributed by atoms with van der Waals surface area (Å²) in [7, 11) is 1.55. The maximum atomic E-state index is 11.8. The van der Waals surface area contributed by atoms with Gasteiger partial charge in [0.15, 0.2) is 6.61 Å². The molecule has 1 rings (SSSR count). The number of nitrogens with zero attached hydrogens (tertiary/aromatic N) is 1. The van der Waals surface area contributed by atoms with Gasteiger partial charge in [0.2, 0.25) is 0 Å². The predicted molar refractivity (Wildman–Crippen MR) is 75.7 cm³/mol. The van der Waals surface area contributed by atoms with E-state index in [1.807, 2.05) is 32.0 Å². The van der Waals surface area contributed by atoms with Crippen LogP contribution in [0, 0.1) is 13.8 Å². The van der Waals surface area contributed by atoms with Gasteiger partial charge in [0.05, 0.1) is 6.61 Å². The van der Waals surface area contributed by atoms with Crippen molar-refractivity contribution in [1.29, 1.82) is 0 Å². The summed E-state index contributed by atoms with van der Waals surface area (Å²) in [6.45, 7) is 5.74. The summed E-state index contributed by atoms with van der Waals surface area (Å²) in [5, 5.41) is 0. The molecule has 0 aromatic heterocycles. The molecule has 0 heterocycles. The summed E-state index contributed by atoms with van der Waals surface area (Å²) >= 11 is 0. The van der Waals surface area contributed by atoms with Crippen LogP contribution in [0.2, 0.25) is 0 Å². The molecule has 0 aliphatic carbocycles. The lowest BCUT2D eigenvalue weighted by Crippen LogP contribution is -2.36. The van der Waals surface area contributed by atoms with Crippen molar-refractivity contribution in [3.63, 3.8) is 0 Å². The summed E-state index contributed by atoms with van der Waals surface area (Å²) in [5.74, 6) is -0.00284. The van der Waals surface area contributed by atoms with E-state index in [0.29, 0.717) is 12.4 Å². The van der Waals surface area contributed by atoms with Crippen molar-refractivity contribution in [2.75, 3.05) is 26.8 Å². The van der Waals surface area contributed by atoms with Crippen molar-refractivity contribution in [1.82, 2.24) is 4.90 Å². The minimum atomic E-state index is -0.421. The average Bonchev–Trinajstić information content (AvgIpc) is 2.39. The summed E-state index contributed by atoms with van der Waals surface area (Å²) in [4.78, 5) is 24.4. The topological polar surface area (TPSA) is 55.8 Å². The molecule has 1 aromatic rings. The monoisotopic (exact) mass is 279 g/mol. The molecule has 0 aliphatic rings. The Balaban J connectivity index is 2.50. The first-order chi connectivity index (χ1) is 9.43. The Hall–Kier alpha value is -2.04. The van der Waals surface area contributed by atoms with E-state index in [4.69, 9.17) is 9.47 Å². The Kier molecular flexibility index (Phi) is 6.03. The number of likely N-dealkylation sites (N-methyl/N-ethyl adjacent to an activating group) is 1. The van der Waals surface area contributed by atoms with Gasteiger partial charge in [-0.1, -0.05) is 12.1 Å². The van der Waals surface area contributed by atoms with Gasteiger partial charge in [0.25, 0.3) is 5.91 Å². The Morgan fingerprint density at radius 2 is 1.95 bits per heavy atom. The van der Waals surface area contributed by atoms with Crippen molar-refractivity contribution in [2.24, 2.45) is 0 Å². The van der Waals surface area contributed by atoms with Crippen LogP contribution in [0.1, 0.15) is 18.1 Å². The van der Waals surface area contributed by atoms with Gasteiger partial charge in [-0.25, -0.2) is 0 Å². The maximum Gasteiger partial charge on any atom is 0.325 e. The molecule has 0 fully saturated rings.